The van der Waals surface area contributed by atoms with Crippen molar-refractivity contribution in [3.63, 3.8) is 0 Å². The quantitative estimate of drug-likeness (QED) is 0.845. The molecule has 1 aromatic rings. The van der Waals surface area contributed by atoms with Crippen molar-refractivity contribution in [1.29, 1.82) is 0 Å². The molecule has 1 fully saturated rings. The Bertz CT molecular complexity index is 391. The topological polar surface area (TPSA) is 39.1 Å². The fraction of sp³-hybridized carbons (Fsp3) is 0.462. The summed E-state index contributed by atoms with van der Waals surface area (Å²) in [4.78, 5) is 8.70. The zero-order chi connectivity index (χ0) is 12.3. The summed E-state index contributed by atoms with van der Waals surface area (Å²) in [6.45, 7) is 1.50. The first kappa shape index (κ1) is 11.9. The van der Waals surface area contributed by atoms with E-state index in [1.807, 2.05) is 13.1 Å². The van der Waals surface area contributed by atoms with E-state index in [0.29, 0.717) is 12.6 Å². The second-order valence-electron chi connectivity index (χ2n) is 4.32. The van der Waals surface area contributed by atoms with Crippen molar-refractivity contribution in [2.24, 2.45) is 4.99 Å². The molecular weight excluding hydrogens is 214 g/mol. The van der Waals surface area contributed by atoms with Gasteiger partial charge in [-0.25, -0.2) is 0 Å². The molecule has 92 valence electrons. The highest BCUT2D eigenvalue weighted by Crippen LogP contribution is 2.26. The molecule has 0 saturated carbocycles. The van der Waals surface area contributed by atoms with Crippen molar-refractivity contribution < 1.29 is 5.11 Å². The van der Waals surface area contributed by atoms with Crippen LogP contribution < -0.4 is 0 Å². The molecule has 0 aliphatic carbocycles. The molecule has 1 aromatic carbocycles. The first-order chi connectivity index (χ1) is 8.24. The normalized spacial score (nSPS) is 22.5. The highest BCUT2D eigenvalue weighted by molar-refractivity contribution is 5.82. The Hall–Kier alpha value is -1.55. The van der Waals surface area contributed by atoms with Crippen molar-refractivity contribution >= 4 is 5.96 Å². The van der Waals surface area contributed by atoms with Gasteiger partial charge in [-0.1, -0.05) is 30.3 Å². The third-order valence-corrected chi connectivity index (χ3v) is 3.11. The van der Waals surface area contributed by atoms with Crippen molar-refractivity contribution in [2.75, 3.05) is 33.8 Å². The minimum absolute atomic E-state index is 0.0984. The lowest BCUT2D eigenvalue weighted by atomic mass is 10.1. The van der Waals surface area contributed by atoms with Gasteiger partial charge in [0.15, 0.2) is 5.96 Å². The summed E-state index contributed by atoms with van der Waals surface area (Å²) in [6, 6.07) is 10.8. The van der Waals surface area contributed by atoms with Gasteiger partial charge in [0.2, 0.25) is 0 Å². The van der Waals surface area contributed by atoms with E-state index in [1.54, 1.807) is 0 Å². The van der Waals surface area contributed by atoms with Gasteiger partial charge in [0, 0.05) is 20.6 Å². The van der Waals surface area contributed by atoms with Crippen LogP contribution in [0.3, 0.4) is 0 Å². The average molecular weight is 233 g/mol. The summed E-state index contributed by atoms with van der Waals surface area (Å²) in [5.41, 5.74) is 1.30. The van der Waals surface area contributed by atoms with E-state index in [1.165, 1.54) is 5.56 Å². The Morgan fingerprint density at radius 3 is 2.65 bits per heavy atom. The number of hydrogen-bond donors (Lipinski definition) is 1. The van der Waals surface area contributed by atoms with Crippen LogP contribution >= 0.6 is 0 Å². The van der Waals surface area contributed by atoms with Gasteiger partial charge in [0.25, 0.3) is 0 Å². The lowest BCUT2D eigenvalue weighted by Gasteiger charge is -2.20. The summed E-state index contributed by atoms with van der Waals surface area (Å²) in [7, 11) is 4.09. The third kappa shape index (κ3) is 2.42. The fourth-order valence-corrected chi connectivity index (χ4v) is 2.26. The van der Waals surface area contributed by atoms with Gasteiger partial charge < -0.3 is 14.9 Å². The molecule has 1 unspecified atom stereocenters. The lowest BCUT2D eigenvalue weighted by Crippen LogP contribution is -2.29. The molecule has 4 heteroatoms. The highest BCUT2D eigenvalue weighted by atomic mass is 16.3. The fourth-order valence-electron chi connectivity index (χ4n) is 2.26. The number of rotatable bonds is 3. The van der Waals surface area contributed by atoms with E-state index in [0.717, 1.165) is 12.5 Å². The summed E-state index contributed by atoms with van der Waals surface area (Å²) in [6.07, 6.45) is 0. The minimum atomic E-state index is 0.0984. The first-order valence-corrected chi connectivity index (χ1v) is 5.88. The van der Waals surface area contributed by atoms with Gasteiger partial charge in [-0.15, -0.1) is 0 Å². The molecule has 1 aliphatic rings. The highest BCUT2D eigenvalue weighted by Gasteiger charge is 2.31. The third-order valence-electron chi connectivity index (χ3n) is 3.11. The van der Waals surface area contributed by atoms with Crippen LogP contribution in [-0.4, -0.2) is 54.7 Å². The summed E-state index contributed by atoms with van der Waals surface area (Å²) in [5, 5.41) is 8.84. The molecule has 0 bridgehead atoms. The molecule has 1 saturated heterocycles. The van der Waals surface area contributed by atoms with Gasteiger partial charge >= 0.3 is 0 Å². The Labute approximate surface area is 102 Å². The van der Waals surface area contributed by atoms with E-state index in [4.69, 9.17) is 5.11 Å². The molecule has 4 nitrogen and oxygen atoms in total. The van der Waals surface area contributed by atoms with E-state index in [-0.39, 0.29) is 6.61 Å². The van der Waals surface area contributed by atoms with Gasteiger partial charge in [-0.3, -0.25) is 4.99 Å². The monoisotopic (exact) mass is 233 g/mol. The largest absolute Gasteiger partial charge is 0.394 e. The van der Waals surface area contributed by atoms with Crippen LogP contribution in [0.15, 0.2) is 35.3 Å². The maximum atomic E-state index is 8.84. The molecule has 1 heterocycles. The van der Waals surface area contributed by atoms with Gasteiger partial charge in [-0.2, -0.15) is 0 Å². The van der Waals surface area contributed by atoms with Crippen molar-refractivity contribution in [2.45, 2.75) is 6.04 Å². The summed E-state index contributed by atoms with van der Waals surface area (Å²) >= 11 is 0. The average Bonchev–Trinajstić information content (AvgIpc) is 2.64. The van der Waals surface area contributed by atoms with Gasteiger partial charge in [-0.05, 0) is 5.56 Å². The predicted molar refractivity (Wildman–Crippen MR) is 69.0 cm³/mol. The lowest BCUT2D eigenvalue weighted by molar-refractivity contribution is 0.305. The molecule has 0 amide bonds. The van der Waals surface area contributed by atoms with Crippen LogP contribution in [0.2, 0.25) is 0 Å². The van der Waals surface area contributed by atoms with Crippen molar-refractivity contribution in [1.82, 2.24) is 9.80 Å². The minimum Gasteiger partial charge on any atom is -0.394 e. The number of aliphatic hydroxyl groups excluding tert-OH is 1. The maximum absolute atomic E-state index is 8.84. The first-order valence-electron chi connectivity index (χ1n) is 5.88. The second kappa shape index (κ2) is 5.19. The summed E-state index contributed by atoms with van der Waals surface area (Å²) < 4.78 is 0. The smallest absolute Gasteiger partial charge is 0.196 e. The SMILES string of the molecule is CN1CC(c2ccccc2)N(C)C1=NCCO. The van der Waals surface area contributed by atoms with E-state index in [2.05, 4.69) is 46.1 Å². The zero-order valence-electron chi connectivity index (χ0n) is 10.4. The van der Waals surface area contributed by atoms with Crippen molar-refractivity contribution in [3.05, 3.63) is 35.9 Å². The Morgan fingerprint density at radius 1 is 1.29 bits per heavy atom. The zero-order valence-corrected chi connectivity index (χ0v) is 10.4. The van der Waals surface area contributed by atoms with Crippen LogP contribution in [0.25, 0.3) is 0 Å². The number of hydrogen-bond acceptors (Lipinski definition) is 2. The number of guanidine groups is 1. The van der Waals surface area contributed by atoms with Crippen LogP contribution in [0, 0.1) is 0 Å². The van der Waals surface area contributed by atoms with Gasteiger partial charge in [0.1, 0.15) is 0 Å². The maximum Gasteiger partial charge on any atom is 0.196 e. The molecule has 17 heavy (non-hydrogen) atoms. The number of aliphatic hydroxyl groups is 1. The molecule has 1 aliphatic heterocycles. The van der Waals surface area contributed by atoms with Gasteiger partial charge in [0.05, 0.1) is 19.2 Å². The molecule has 0 aromatic heterocycles. The Balaban J connectivity index is 2.18. The molecule has 0 radical (unpaired) electrons. The van der Waals surface area contributed by atoms with E-state index >= 15 is 0 Å². The Morgan fingerprint density at radius 2 is 2.00 bits per heavy atom. The summed E-state index contributed by atoms with van der Waals surface area (Å²) in [5.74, 6) is 0.952. The van der Waals surface area contributed by atoms with Crippen LogP contribution in [0.1, 0.15) is 11.6 Å². The number of aliphatic imine (C=N–C) groups is 1. The van der Waals surface area contributed by atoms with E-state index in [9.17, 15) is 0 Å². The second-order valence-corrected chi connectivity index (χ2v) is 4.32. The molecule has 1 atom stereocenters. The Kier molecular flexibility index (Phi) is 3.64. The standard InChI is InChI=1S/C13H19N3O/c1-15-10-12(11-6-4-3-5-7-11)16(2)13(15)14-8-9-17/h3-7,12,17H,8-10H2,1-2H3. The van der Waals surface area contributed by atoms with E-state index < -0.39 is 0 Å². The van der Waals surface area contributed by atoms with Crippen molar-refractivity contribution in [3.8, 4) is 0 Å². The van der Waals surface area contributed by atoms with Crippen LogP contribution in [0.4, 0.5) is 0 Å². The van der Waals surface area contributed by atoms with Crippen LogP contribution in [-0.2, 0) is 0 Å². The number of nitrogens with zero attached hydrogens (tertiary/aromatic N) is 3. The molecule has 1 N–H and O–H groups in total. The molecule has 0 spiro atoms. The number of benzene rings is 1. The molecule has 2 rings (SSSR count). The van der Waals surface area contributed by atoms with Crippen LogP contribution in [0.5, 0.6) is 0 Å². The number of likely N-dealkylation sites (N-methyl/N-ethyl adjacent to an activating group) is 2. The predicted octanol–water partition coefficient (Wildman–Crippen LogP) is 0.953. The molecular formula is C13H19N3O.